The van der Waals surface area contributed by atoms with Crippen LogP contribution in [0, 0.1) is 13.8 Å². The number of hydrogen-bond donors (Lipinski definition) is 2. The molecule has 9 nitrogen and oxygen atoms in total. The van der Waals surface area contributed by atoms with Gasteiger partial charge in [0.2, 0.25) is 5.89 Å². The molecular weight excluding hydrogens is 372 g/mol. The number of ether oxygens (including phenoxy) is 1. The van der Waals surface area contributed by atoms with Crippen LogP contribution in [0.5, 0.6) is 0 Å². The van der Waals surface area contributed by atoms with Gasteiger partial charge in [-0.1, -0.05) is 0 Å². The molecule has 2 rings (SSSR count). The molecule has 1 aromatic rings. The summed E-state index contributed by atoms with van der Waals surface area (Å²) in [4.78, 5) is 25.2. The smallest absolute Gasteiger partial charge is 0.410 e. The highest BCUT2D eigenvalue weighted by molar-refractivity contribution is 5.79. The first-order valence-corrected chi connectivity index (χ1v) is 10.3. The first-order valence-electron chi connectivity index (χ1n) is 10.3. The normalized spacial score (nSPS) is 16.1. The number of hydrogen-bond acceptors (Lipinski definition) is 6. The molecule has 0 radical (unpaired) electrons. The minimum atomic E-state index is -0.456. The third-order valence-electron chi connectivity index (χ3n) is 4.53. The Morgan fingerprint density at radius 2 is 1.90 bits per heavy atom. The lowest BCUT2D eigenvalue weighted by molar-refractivity contribution is 0.0147. The van der Waals surface area contributed by atoms with Gasteiger partial charge in [-0.2, -0.15) is 0 Å². The maximum atomic E-state index is 12.1. The van der Waals surface area contributed by atoms with E-state index in [1.807, 2.05) is 41.5 Å². The Kier molecular flexibility index (Phi) is 8.31. The maximum Gasteiger partial charge on any atom is 0.410 e. The molecule has 1 saturated heterocycles. The van der Waals surface area contributed by atoms with Crippen molar-refractivity contribution < 1.29 is 13.9 Å². The van der Waals surface area contributed by atoms with Crippen LogP contribution in [-0.4, -0.2) is 78.3 Å². The summed E-state index contributed by atoms with van der Waals surface area (Å²) in [6.45, 7) is 17.4. The van der Waals surface area contributed by atoms with Gasteiger partial charge in [-0.15, -0.1) is 0 Å². The molecule has 0 saturated carbocycles. The van der Waals surface area contributed by atoms with Gasteiger partial charge in [0.25, 0.3) is 0 Å². The van der Waals surface area contributed by atoms with Crippen molar-refractivity contribution in [1.82, 2.24) is 25.4 Å². The summed E-state index contributed by atoms with van der Waals surface area (Å²) >= 11 is 0. The molecule has 164 valence electrons. The van der Waals surface area contributed by atoms with Crippen molar-refractivity contribution in [3.05, 3.63) is 17.3 Å². The zero-order valence-electron chi connectivity index (χ0n) is 18.7. The van der Waals surface area contributed by atoms with Crippen LogP contribution < -0.4 is 10.6 Å². The highest BCUT2D eigenvalue weighted by atomic mass is 16.6. The Hall–Kier alpha value is -2.29. The average molecular weight is 409 g/mol. The average Bonchev–Trinajstić information content (AvgIpc) is 2.96. The molecule has 29 heavy (non-hydrogen) atoms. The lowest BCUT2D eigenvalue weighted by Gasteiger charge is -2.35. The molecule has 1 amide bonds. The van der Waals surface area contributed by atoms with E-state index in [1.165, 1.54) is 0 Å². The van der Waals surface area contributed by atoms with Crippen molar-refractivity contribution in [3.8, 4) is 0 Å². The molecule has 1 aromatic heterocycles. The molecule has 9 heteroatoms. The van der Waals surface area contributed by atoms with Crippen molar-refractivity contribution in [2.75, 3.05) is 45.8 Å². The quantitative estimate of drug-likeness (QED) is 0.548. The molecule has 0 spiro atoms. The third kappa shape index (κ3) is 7.92. The van der Waals surface area contributed by atoms with E-state index in [1.54, 1.807) is 4.90 Å². The molecule has 0 aliphatic carbocycles. The van der Waals surface area contributed by atoms with Crippen LogP contribution in [0.4, 0.5) is 4.79 Å². The monoisotopic (exact) mass is 408 g/mol. The minimum Gasteiger partial charge on any atom is -0.444 e. The van der Waals surface area contributed by atoms with Gasteiger partial charge in [0, 0.05) is 45.8 Å². The van der Waals surface area contributed by atoms with Crippen LogP contribution in [0.25, 0.3) is 0 Å². The second-order valence-corrected chi connectivity index (χ2v) is 8.18. The highest BCUT2D eigenvalue weighted by Crippen LogP contribution is 2.12. The summed E-state index contributed by atoms with van der Waals surface area (Å²) in [7, 11) is 0. The van der Waals surface area contributed by atoms with Gasteiger partial charge in [-0.05, 0) is 41.5 Å². The number of oxazole rings is 1. The first kappa shape index (κ1) is 23.0. The summed E-state index contributed by atoms with van der Waals surface area (Å²) in [6, 6.07) is 0. The third-order valence-corrected chi connectivity index (χ3v) is 4.53. The fraction of sp³-hybridized carbons (Fsp3) is 0.750. The molecule has 1 aliphatic heterocycles. The number of amides is 1. The van der Waals surface area contributed by atoms with Crippen molar-refractivity contribution in [2.45, 2.75) is 53.7 Å². The lowest BCUT2D eigenvalue weighted by Crippen LogP contribution is -2.51. The van der Waals surface area contributed by atoms with Gasteiger partial charge >= 0.3 is 6.09 Å². The van der Waals surface area contributed by atoms with E-state index in [9.17, 15) is 4.79 Å². The zero-order valence-corrected chi connectivity index (χ0v) is 18.7. The molecule has 0 unspecified atom stereocenters. The van der Waals surface area contributed by atoms with Crippen LogP contribution in [0.1, 0.15) is 45.0 Å². The standard InChI is InChI=1S/C20H36N6O3/c1-7-21-18(23-14-17-24-15(2)16(3)28-17)22-8-9-25-10-12-26(13-11-25)19(27)29-20(4,5)6/h7-14H2,1-6H3,(H2,21,22,23). The number of aromatic nitrogens is 1. The molecular formula is C20H36N6O3. The van der Waals surface area contributed by atoms with Crippen LogP contribution in [0.15, 0.2) is 9.41 Å². The number of carbonyl (C=O) groups excluding carboxylic acids is 1. The van der Waals surface area contributed by atoms with Crippen molar-refractivity contribution in [2.24, 2.45) is 4.99 Å². The van der Waals surface area contributed by atoms with E-state index in [0.29, 0.717) is 25.5 Å². The van der Waals surface area contributed by atoms with E-state index < -0.39 is 5.60 Å². The lowest BCUT2D eigenvalue weighted by atomic mass is 10.2. The van der Waals surface area contributed by atoms with Gasteiger partial charge in [-0.25, -0.2) is 14.8 Å². The number of carbonyl (C=O) groups is 1. The van der Waals surface area contributed by atoms with Crippen molar-refractivity contribution in [1.29, 1.82) is 0 Å². The fourth-order valence-corrected chi connectivity index (χ4v) is 2.91. The van der Waals surface area contributed by atoms with E-state index in [2.05, 4.69) is 25.5 Å². The van der Waals surface area contributed by atoms with Crippen molar-refractivity contribution >= 4 is 12.1 Å². The van der Waals surface area contributed by atoms with Gasteiger partial charge in [-0.3, -0.25) is 4.90 Å². The van der Waals surface area contributed by atoms with Crippen molar-refractivity contribution in [3.63, 3.8) is 0 Å². The molecule has 1 aliphatic rings. The second kappa shape index (κ2) is 10.5. The van der Waals surface area contributed by atoms with E-state index in [4.69, 9.17) is 9.15 Å². The minimum absolute atomic E-state index is 0.228. The van der Waals surface area contributed by atoms with Gasteiger partial charge in [0.1, 0.15) is 17.9 Å². The zero-order chi connectivity index (χ0) is 21.4. The molecule has 1 fully saturated rings. The Morgan fingerprint density at radius 1 is 1.21 bits per heavy atom. The van der Waals surface area contributed by atoms with Crippen LogP contribution in [0.2, 0.25) is 0 Å². The summed E-state index contributed by atoms with van der Waals surface area (Å²) in [6.07, 6.45) is -0.228. The SMILES string of the molecule is CCNC(=NCc1nc(C)c(C)o1)NCCN1CCN(C(=O)OC(C)(C)C)CC1. The van der Waals surface area contributed by atoms with Gasteiger partial charge in [0.05, 0.1) is 5.69 Å². The Labute approximate surface area is 173 Å². The van der Waals surface area contributed by atoms with Crippen LogP contribution in [0.3, 0.4) is 0 Å². The summed E-state index contributed by atoms with van der Waals surface area (Å²) < 4.78 is 11.0. The summed E-state index contributed by atoms with van der Waals surface area (Å²) in [5, 5.41) is 6.58. The number of aryl methyl sites for hydroxylation is 2. The fourth-order valence-electron chi connectivity index (χ4n) is 2.91. The topological polar surface area (TPSA) is 95.2 Å². The second-order valence-electron chi connectivity index (χ2n) is 8.18. The number of piperazine rings is 1. The summed E-state index contributed by atoms with van der Waals surface area (Å²) in [5.74, 6) is 2.20. The predicted octanol–water partition coefficient (Wildman–Crippen LogP) is 1.90. The number of rotatable bonds is 6. The Bertz CT molecular complexity index is 667. The molecule has 0 bridgehead atoms. The van der Waals surface area contributed by atoms with E-state index in [0.717, 1.165) is 50.1 Å². The summed E-state index contributed by atoms with van der Waals surface area (Å²) in [5.41, 5.74) is 0.446. The predicted molar refractivity (Wildman–Crippen MR) is 113 cm³/mol. The largest absolute Gasteiger partial charge is 0.444 e. The van der Waals surface area contributed by atoms with Gasteiger partial charge in [0.15, 0.2) is 5.96 Å². The molecule has 0 aromatic carbocycles. The van der Waals surface area contributed by atoms with E-state index >= 15 is 0 Å². The Morgan fingerprint density at radius 3 is 2.45 bits per heavy atom. The molecule has 2 heterocycles. The maximum absolute atomic E-state index is 12.1. The number of nitrogens with zero attached hydrogens (tertiary/aromatic N) is 4. The highest BCUT2D eigenvalue weighted by Gasteiger charge is 2.25. The number of nitrogens with one attached hydrogen (secondary N) is 2. The number of aliphatic imine (C=N–C) groups is 1. The van der Waals surface area contributed by atoms with E-state index in [-0.39, 0.29) is 6.09 Å². The molecule has 0 atom stereocenters. The molecule has 2 N–H and O–H groups in total. The first-order chi connectivity index (χ1) is 13.7. The Balaban J connectivity index is 1.73. The van der Waals surface area contributed by atoms with Crippen LogP contribution in [-0.2, 0) is 11.3 Å². The van der Waals surface area contributed by atoms with Crippen LogP contribution >= 0.6 is 0 Å². The number of guanidine groups is 1. The van der Waals surface area contributed by atoms with Gasteiger partial charge < -0.3 is 24.7 Å².